The van der Waals surface area contributed by atoms with E-state index >= 15 is 0 Å². The molecule has 1 rings (SSSR count). The Hall–Kier alpha value is -1.94. The molecule has 1 atom stereocenters. The molecule has 0 heterocycles. The van der Waals surface area contributed by atoms with Crippen LogP contribution >= 0.6 is 15.9 Å². The Morgan fingerprint density at radius 3 is 2.83 bits per heavy atom. The van der Waals surface area contributed by atoms with Gasteiger partial charge in [0.2, 0.25) is 5.91 Å². The Balaban J connectivity index is 3.06. The van der Waals surface area contributed by atoms with Crippen LogP contribution in [0.2, 0.25) is 0 Å². The number of nitriles is 1. The molecule has 0 aliphatic heterocycles. The fourth-order valence-electron chi connectivity index (χ4n) is 1.25. The van der Waals surface area contributed by atoms with E-state index in [9.17, 15) is 14.9 Å². The molecule has 7 heteroatoms. The molecule has 6 nitrogen and oxygen atoms in total. The molecule has 0 fully saturated rings. The number of carbonyl (C=O) groups excluding carboxylic acids is 1. The van der Waals surface area contributed by atoms with E-state index < -0.39 is 9.75 Å². The number of hydrogen-bond donors (Lipinski definition) is 1. The first-order chi connectivity index (χ1) is 8.49. The lowest BCUT2D eigenvalue weighted by molar-refractivity contribution is -0.383. The van der Waals surface area contributed by atoms with Crippen molar-refractivity contribution in [1.82, 2.24) is 0 Å². The van der Waals surface area contributed by atoms with Crippen molar-refractivity contribution in [3.8, 4) is 6.07 Å². The minimum atomic E-state index is -0.633. The summed E-state index contributed by atoms with van der Waals surface area (Å²) in [5, 5.41) is 22.0. The maximum absolute atomic E-state index is 11.6. The van der Waals surface area contributed by atoms with Crippen LogP contribution in [0, 0.1) is 21.4 Å². The fourth-order valence-corrected chi connectivity index (χ4v) is 1.37. The van der Waals surface area contributed by atoms with Crippen LogP contribution in [0.1, 0.15) is 18.9 Å². The predicted molar refractivity (Wildman–Crippen MR) is 69.4 cm³/mol. The lowest BCUT2D eigenvalue weighted by atomic mass is 10.2. The summed E-state index contributed by atoms with van der Waals surface area (Å²) >= 11 is 3.16. The average molecular weight is 312 g/mol. The third-order valence-corrected chi connectivity index (χ3v) is 3.29. The van der Waals surface area contributed by atoms with Crippen LogP contribution in [0.15, 0.2) is 18.2 Å². The second-order valence-electron chi connectivity index (χ2n) is 3.47. The molecular weight excluding hydrogens is 302 g/mol. The smallest absolute Gasteiger partial charge is 0.294 e. The van der Waals surface area contributed by atoms with Gasteiger partial charge < -0.3 is 5.32 Å². The number of hydrogen-bond acceptors (Lipinski definition) is 4. The highest BCUT2D eigenvalue weighted by Crippen LogP contribution is 2.26. The minimum absolute atomic E-state index is 0.0851. The second kappa shape index (κ2) is 6.12. The summed E-state index contributed by atoms with van der Waals surface area (Å²) in [7, 11) is 0. The Bertz CT molecular complexity index is 525. The highest BCUT2D eigenvalue weighted by Gasteiger charge is 2.19. The van der Waals surface area contributed by atoms with E-state index in [1.54, 1.807) is 0 Å². The average Bonchev–Trinajstić information content (AvgIpc) is 2.37. The predicted octanol–water partition coefficient (Wildman–Crippen LogP) is 2.58. The third kappa shape index (κ3) is 3.28. The van der Waals surface area contributed by atoms with Gasteiger partial charge in [-0.1, -0.05) is 22.9 Å². The van der Waals surface area contributed by atoms with Gasteiger partial charge in [0.1, 0.15) is 5.69 Å². The monoisotopic (exact) mass is 311 g/mol. The standard InChI is InChI=1S/C11H10BrN3O3/c1-2-8(12)11(16)14-9-4-3-7(6-13)5-10(9)15(17)18/h3-5,8H,2H2,1H3,(H,14,16). The van der Waals surface area contributed by atoms with Gasteiger partial charge in [0.25, 0.3) is 5.69 Å². The van der Waals surface area contributed by atoms with E-state index in [0.717, 1.165) is 6.07 Å². The van der Waals surface area contributed by atoms with Crippen LogP contribution in [0.5, 0.6) is 0 Å². The molecule has 1 aromatic rings. The normalized spacial score (nSPS) is 11.4. The third-order valence-electron chi connectivity index (χ3n) is 2.22. The molecule has 1 amide bonds. The number of amides is 1. The van der Waals surface area contributed by atoms with E-state index in [2.05, 4.69) is 21.2 Å². The zero-order chi connectivity index (χ0) is 13.7. The topological polar surface area (TPSA) is 96.0 Å². The van der Waals surface area contributed by atoms with Crippen molar-refractivity contribution in [2.24, 2.45) is 0 Å². The van der Waals surface area contributed by atoms with Gasteiger partial charge in [-0.2, -0.15) is 5.26 Å². The van der Waals surface area contributed by atoms with Gasteiger partial charge in [0.05, 0.1) is 21.4 Å². The van der Waals surface area contributed by atoms with Crippen molar-refractivity contribution in [3.05, 3.63) is 33.9 Å². The summed E-state index contributed by atoms with van der Waals surface area (Å²) in [5.41, 5.74) is -0.0364. The number of halogens is 1. The first-order valence-electron chi connectivity index (χ1n) is 5.13. The lowest BCUT2D eigenvalue weighted by Crippen LogP contribution is -2.22. The maximum atomic E-state index is 11.6. The Morgan fingerprint density at radius 2 is 2.33 bits per heavy atom. The number of benzene rings is 1. The van der Waals surface area contributed by atoms with E-state index in [0.29, 0.717) is 6.42 Å². The molecule has 0 saturated carbocycles. The maximum Gasteiger partial charge on any atom is 0.294 e. The summed E-state index contributed by atoms with van der Waals surface area (Å²) in [6.45, 7) is 1.81. The van der Waals surface area contributed by atoms with Crippen LogP contribution in [0.3, 0.4) is 0 Å². The molecule has 0 aromatic heterocycles. The van der Waals surface area contributed by atoms with Crippen LogP contribution < -0.4 is 5.32 Å². The van der Waals surface area contributed by atoms with Crippen molar-refractivity contribution in [1.29, 1.82) is 5.26 Å². The van der Waals surface area contributed by atoms with E-state index in [4.69, 9.17) is 5.26 Å². The highest BCUT2D eigenvalue weighted by atomic mass is 79.9. The molecule has 0 aliphatic carbocycles. The number of anilines is 1. The molecule has 0 spiro atoms. The van der Waals surface area contributed by atoms with Gasteiger partial charge >= 0.3 is 0 Å². The second-order valence-corrected chi connectivity index (χ2v) is 4.57. The molecule has 0 bridgehead atoms. The number of carbonyl (C=O) groups is 1. The van der Waals surface area contributed by atoms with E-state index in [-0.39, 0.29) is 22.8 Å². The summed E-state index contributed by atoms with van der Waals surface area (Å²) < 4.78 is 0. The van der Waals surface area contributed by atoms with E-state index in [1.165, 1.54) is 12.1 Å². The molecular formula is C11H10BrN3O3. The molecule has 0 radical (unpaired) electrons. The van der Waals surface area contributed by atoms with Gasteiger partial charge in [-0.3, -0.25) is 14.9 Å². The summed E-state index contributed by atoms with van der Waals surface area (Å²) in [4.78, 5) is 21.4. The largest absolute Gasteiger partial charge is 0.319 e. The highest BCUT2D eigenvalue weighted by molar-refractivity contribution is 9.10. The first kappa shape index (κ1) is 14.1. The lowest BCUT2D eigenvalue weighted by Gasteiger charge is -2.09. The summed E-state index contributed by atoms with van der Waals surface area (Å²) in [6, 6.07) is 5.71. The summed E-state index contributed by atoms with van der Waals surface area (Å²) in [5.74, 6) is -0.356. The Kier molecular flexibility index (Phi) is 4.80. The van der Waals surface area contributed by atoms with Gasteiger partial charge in [-0.15, -0.1) is 0 Å². The number of rotatable bonds is 4. The fraction of sp³-hybridized carbons (Fsp3) is 0.273. The molecule has 18 heavy (non-hydrogen) atoms. The first-order valence-corrected chi connectivity index (χ1v) is 6.04. The van der Waals surface area contributed by atoms with Crippen LogP contribution in [0.4, 0.5) is 11.4 Å². The quantitative estimate of drug-likeness (QED) is 0.525. The van der Waals surface area contributed by atoms with Crippen LogP contribution in [-0.2, 0) is 4.79 Å². The Labute approximate surface area is 112 Å². The molecule has 0 aliphatic rings. The van der Waals surface area contributed by atoms with Gasteiger partial charge in [-0.05, 0) is 18.6 Å². The molecule has 94 valence electrons. The zero-order valence-corrected chi connectivity index (χ0v) is 11.1. The van der Waals surface area contributed by atoms with Gasteiger partial charge in [0.15, 0.2) is 0 Å². The van der Waals surface area contributed by atoms with Crippen molar-refractivity contribution in [2.45, 2.75) is 18.2 Å². The minimum Gasteiger partial charge on any atom is -0.319 e. The van der Waals surface area contributed by atoms with Crippen molar-refractivity contribution in [3.63, 3.8) is 0 Å². The van der Waals surface area contributed by atoms with Crippen LogP contribution in [0.25, 0.3) is 0 Å². The zero-order valence-electron chi connectivity index (χ0n) is 9.51. The number of nitro benzene ring substituents is 1. The Morgan fingerprint density at radius 1 is 1.67 bits per heavy atom. The van der Waals surface area contributed by atoms with Gasteiger partial charge in [-0.25, -0.2) is 0 Å². The number of nitrogens with zero attached hydrogens (tertiary/aromatic N) is 2. The SMILES string of the molecule is CCC(Br)C(=O)Nc1ccc(C#N)cc1[N+](=O)[O-]. The van der Waals surface area contributed by atoms with Crippen molar-refractivity contribution < 1.29 is 9.72 Å². The van der Waals surface area contributed by atoms with Crippen LogP contribution in [-0.4, -0.2) is 15.7 Å². The summed E-state index contributed by atoms with van der Waals surface area (Å²) in [6.07, 6.45) is 0.565. The molecule has 1 aromatic carbocycles. The molecule has 1 N–H and O–H groups in total. The molecule has 0 saturated heterocycles. The number of nitrogens with one attached hydrogen (secondary N) is 1. The molecule has 1 unspecified atom stereocenters. The number of alkyl halides is 1. The van der Waals surface area contributed by atoms with Crippen molar-refractivity contribution >= 4 is 33.2 Å². The number of nitro groups is 1. The van der Waals surface area contributed by atoms with Crippen molar-refractivity contribution in [2.75, 3.05) is 5.32 Å². The van der Waals surface area contributed by atoms with Gasteiger partial charge in [0, 0.05) is 6.07 Å². The van der Waals surface area contributed by atoms with E-state index in [1.807, 2.05) is 13.0 Å².